The molecule has 1 fully saturated rings. The number of nitrogens with zero attached hydrogens (tertiary/aromatic N) is 1. The van der Waals surface area contributed by atoms with Crippen molar-refractivity contribution in [3.05, 3.63) is 0 Å². The predicted molar refractivity (Wildman–Crippen MR) is 51.5 cm³/mol. The second kappa shape index (κ2) is 4.61. The van der Waals surface area contributed by atoms with Crippen molar-refractivity contribution in [2.75, 3.05) is 13.7 Å². The fourth-order valence-corrected chi connectivity index (χ4v) is 2.11. The Morgan fingerprint density at radius 3 is 2.92 bits per heavy atom. The van der Waals surface area contributed by atoms with Crippen LogP contribution in [-0.4, -0.2) is 36.6 Å². The summed E-state index contributed by atoms with van der Waals surface area (Å²) in [6, 6.07) is 0.506. The lowest BCUT2D eigenvalue weighted by Crippen LogP contribution is -2.42. The maximum atomic E-state index is 11.3. The molecular formula is C10H19NO2. The fraction of sp³-hybridized carbons (Fsp3) is 0.900. The molecule has 76 valence electrons. The molecular weight excluding hydrogens is 166 g/mol. The first-order valence-corrected chi connectivity index (χ1v) is 5.04. The first-order valence-electron chi connectivity index (χ1n) is 5.04. The van der Waals surface area contributed by atoms with Crippen molar-refractivity contribution in [2.45, 2.75) is 45.2 Å². The molecule has 1 aliphatic heterocycles. The molecule has 0 saturated carbocycles. The molecule has 3 heteroatoms. The molecule has 0 aromatic rings. The molecule has 13 heavy (non-hydrogen) atoms. The molecule has 1 heterocycles. The van der Waals surface area contributed by atoms with E-state index in [2.05, 4.69) is 11.8 Å². The van der Waals surface area contributed by atoms with E-state index in [1.165, 1.54) is 20.0 Å². The van der Waals surface area contributed by atoms with Gasteiger partial charge in [-0.3, -0.25) is 9.69 Å². The zero-order chi connectivity index (χ0) is 9.84. The van der Waals surface area contributed by atoms with Crippen molar-refractivity contribution in [2.24, 2.45) is 0 Å². The molecule has 0 bridgehead atoms. The van der Waals surface area contributed by atoms with Crippen molar-refractivity contribution < 1.29 is 9.53 Å². The summed E-state index contributed by atoms with van der Waals surface area (Å²) in [5.74, 6) is -0.111. The van der Waals surface area contributed by atoms with Gasteiger partial charge in [-0.2, -0.15) is 0 Å². The monoisotopic (exact) mass is 185 g/mol. The highest BCUT2D eigenvalue weighted by Gasteiger charge is 2.31. The Balaban J connectivity index is 2.54. The lowest BCUT2D eigenvalue weighted by atomic mass is 10.1. The highest BCUT2D eigenvalue weighted by Crippen LogP contribution is 2.22. The Morgan fingerprint density at radius 2 is 2.38 bits per heavy atom. The van der Waals surface area contributed by atoms with E-state index < -0.39 is 0 Å². The number of carbonyl (C=O) groups is 1. The van der Waals surface area contributed by atoms with Gasteiger partial charge in [-0.15, -0.1) is 0 Å². The topological polar surface area (TPSA) is 29.5 Å². The summed E-state index contributed by atoms with van der Waals surface area (Å²) in [4.78, 5) is 13.6. The summed E-state index contributed by atoms with van der Waals surface area (Å²) in [5, 5.41) is 0. The Kier molecular flexibility index (Phi) is 3.72. The minimum atomic E-state index is -0.111. The van der Waals surface area contributed by atoms with E-state index in [1.54, 1.807) is 0 Å². The van der Waals surface area contributed by atoms with Crippen molar-refractivity contribution in [1.82, 2.24) is 4.90 Å². The molecule has 0 radical (unpaired) electrons. The van der Waals surface area contributed by atoms with Crippen LogP contribution in [0, 0.1) is 0 Å². The predicted octanol–water partition coefficient (Wildman–Crippen LogP) is 1.42. The molecule has 3 nitrogen and oxygen atoms in total. The lowest BCUT2D eigenvalue weighted by Gasteiger charge is -2.27. The number of likely N-dealkylation sites (tertiary alicyclic amines) is 1. The highest BCUT2D eigenvalue weighted by atomic mass is 16.5. The van der Waals surface area contributed by atoms with Crippen LogP contribution in [0.15, 0.2) is 0 Å². The minimum absolute atomic E-state index is 0.0718. The zero-order valence-electron chi connectivity index (χ0n) is 8.75. The molecule has 1 rings (SSSR count). The van der Waals surface area contributed by atoms with Gasteiger partial charge in [0, 0.05) is 6.04 Å². The molecule has 0 N–H and O–H groups in total. The molecule has 2 atom stereocenters. The quantitative estimate of drug-likeness (QED) is 0.623. The molecule has 0 aromatic heterocycles. The SMILES string of the molecule is CCC1CCCN1C(C)C(=O)OC. The Morgan fingerprint density at radius 1 is 1.69 bits per heavy atom. The van der Waals surface area contributed by atoms with Crippen molar-refractivity contribution in [3.63, 3.8) is 0 Å². The number of rotatable bonds is 3. The normalized spacial score (nSPS) is 25.9. The number of hydrogen-bond donors (Lipinski definition) is 0. The van der Waals surface area contributed by atoms with E-state index in [0.29, 0.717) is 6.04 Å². The van der Waals surface area contributed by atoms with E-state index in [0.717, 1.165) is 13.0 Å². The van der Waals surface area contributed by atoms with Gasteiger partial charge in [0.25, 0.3) is 0 Å². The Labute approximate surface area is 80.1 Å². The van der Waals surface area contributed by atoms with E-state index in [-0.39, 0.29) is 12.0 Å². The van der Waals surface area contributed by atoms with E-state index in [1.807, 2.05) is 6.92 Å². The van der Waals surface area contributed by atoms with Gasteiger partial charge in [0.15, 0.2) is 0 Å². The van der Waals surface area contributed by atoms with E-state index >= 15 is 0 Å². The van der Waals surface area contributed by atoms with Gasteiger partial charge in [0.1, 0.15) is 6.04 Å². The number of hydrogen-bond acceptors (Lipinski definition) is 3. The Bertz CT molecular complexity index is 182. The third kappa shape index (κ3) is 2.21. The van der Waals surface area contributed by atoms with Crippen molar-refractivity contribution in [3.8, 4) is 0 Å². The third-order valence-electron chi connectivity index (χ3n) is 2.93. The highest BCUT2D eigenvalue weighted by molar-refractivity contribution is 5.75. The number of methoxy groups -OCH3 is 1. The van der Waals surface area contributed by atoms with Gasteiger partial charge in [-0.05, 0) is 32.7 Å². The van der Waals surface area contributed by atoms with Crippen LogP contribution in [0.25, 0.3) is 0 Å². The zero-order valence-corrected chi connectivity index (χ0v) is 8.75. The maximum Gasteiger partial charge on any atom is 0.322 e. The molecule has 0 amide bonds. The van der Waals surface area contributed by atoms with Gasteiger partial charge in [-0.1, -0.05) is 6.92 Å². The second-order valence-electron chi connectivity index (χ2n) is 3.64. The molecule has 0 aliphatic carbocycles. The van der Waals surface area contributed by atoms with Gasteiger partial charge in [0.2, 0.25) is 0 Å². The van der Waals surface area contributed by atoms with Crippen LogP contribution in [-0.2, 0) is 9.53 Å². The lowest BCUT2D eigenvalue weighted by molar-refractivity contribution is -0.146. The van der Waals surface area contributed by atoms with Gasteiger partial charge in [0.05, 0.1) is 7.11 Å². The summed E-state index contributed by atoms with van der Waals surface area (Å²) in [5.41, 5.74) is 0. The third-order valence-corrected chi connectivity index (χ3v) is 2.93. The van der Waals surface area contributed by atoms with Crippen LogP contribution in [0.2, 0.25) is 0 Å². The Hall–Kier alpha value is -0.570. The van der Waals surface area contributed by atoms with Crippen LogP contribution in [0.4, 0.5) is 0 Å². The standard InChI is InChI=1S/C10H19NO2/c1-4-9-6-5-7-11(9)8(2)10(12)13-3/h8-9H,4-7H2,1-3H3. The molecule has 2 unspecified atom stereocenters. The van der Waals surface area contributed by atoms with Crippen LogP contribution in [0.5, 0.6) is 0 Å². The average molecular weight is 185 g/mol. The smallest absolute Gasteiger partial charge is 0.322 e. The number of ether oxygens (including phenoxy) is 1. The van der Waals surface area contributed by atoms with Crippen LogP contribution < -0.4 is 0 Å². The van der Waals surface area contributed by atoms with Crippen LogP contribution in [0.1, 0.15) is 33.1 Å². The first-order chi connectivity index (χ1) is 6.20. The summed E-state index contributed by atoms with van der Waals surface area (Å²) < 4.78 is 4.74. The summed E-state index contributed by atoms with van der Waals surface area (Å²) in [6.07, 6.45) is 3.55. The number of esters is 1. The summed E-state index contributed by atoms with van der Waals surface area (Å²) >= 11 is 0. The van der Waals surface area contributed by atoms with E-state index in [9.17, 15) is 4.79 Å². The summed E-state index contributed by atoms with van der Waals surface area (Å²) in [6.45, 7) is 5.14. The number of carbonyl (C=O) groups excluding carboxylic acids is 1. The minimum Gasteiger partial charge on any atom is -0.468 e. The average Bonchev–Trinajstić information content (AvgIpc) is 2.62. The molecule has 1 saturated heterocycles. The second-order valence-corrected chi connectivity index (χ2v) is 3.64. The van der Waals surface area contributed by atoms with Crippen molar-refractivity contribution in [1.29, 1.82) is 0 Å². The van der Waals surface area contributed by atoms with E-state index in [4.69, 9.17) is 4.74 Å². The maximum absolute atomic E-state index is 11.3. The summed E-state index contributed by atoms with van der Waals surface area (Å²) in [7, 11) is 1.45. The largest absolute Gasteiger partial charge is 0.468 e. The molecule has 0 spiro atoms. The van der Waals surface area contributed by atoms with Gasteiger partial charge >= 0.3 is 5.97 Å². The van der Waals surface area contributed by atoms with Gasteiger partial charge in [-0.25, -0.2) is 0 Å². The van der Waals surface area contributed by atoms with Crippen LogP contribution >= 0.6 is 0 Å². The fourth-order valence-electron chi connectivity index (χ4n) is 2.11. The van der Waals surface area contributed by atoms with Crippen LogP contribution in [0.3, 0.4) is 0 Å². The molecule has 0 aromatic carbocycles. The first kappa shape index (κ1) is 10.5. The van der Waals surface area contributed by atoms with Gasteiger partial charge < -0.3 is 4.74 Å². The molecule has 1 aliphatic rings. The van der Waals surface area contributed by atoms with Crippen molar-refractivity contribution >= 4 is 5.97 Å².